The van der Waals surface area contributed by atoms with Crippen LogP contribution in [0.25, 0.3) is 0 Å². The fourth-order valence-electron chi connectivity index (χ4n) is 3.93. The number of ether oxygens (including phenoxy) is 2. The molecule has 43 heavy (non-hydrogen) atoms. The van der Waals surface area contributed by atoms with Crippen LogP contribution in [0.5, 0.6) is 5.75 Å². The van der Waals surface area contributed by atoms with Gasteiger partial charge in [-0.05, 0) is 54.7 Å². The number of aromatic nitrogens is 2. The van der Waals surface area contributed by atoms with E-state index in [1.165, 1.54) is 11.8 Å². The van der Waals surface area contributed by atoms with Crippen LogP contribution in [0.15, 0.2) is 52.4 Å². The van der Waals surface area contributed by atoms with Gasteiger partial charge in [-0.3, -0.25) is 4.57 Å². The summed E-state index contributed by atoms with van der Waals surface area (Å²) in [5.41, 5.74) is 7.04. The van der Waals surface area contributed by atoms with E-state index in [0.29, 0.717) is 41.4 Å². The number of imidazole rings is 1. The molecular formula is C30H40Cl2N3O6PS. The number of benzene rings is 2. The lowest BCUT2D eigenvalue weighted by Crippen LogP contribution is -2.15. The molecule has 0 radical (unpaired) electrons. The van der Waals surface area contributed by atoms with Gasteiger partial charge in [0.2, 0.25) is 0 Å². The van der Waals surface area contributed by atoms with E-state index in [4.69, 9.17) is 52.4 Å². The number of carbonyl (C=O) groups excluding carboxylic acids is 1. The average molecular weight is 673 g/mol. The van der Waals surface area contributed by atoms with Gasteiger partial charge < -0.3 is 28.8 Å². The van der Waals surface area contributed by atoms with Gasteiger partial charge in [0.25, 0.3) is 0 Å². The lowest BCUT2D eigenvalue weighted by molar-refractivity contribution is 0.145. The summed E-state index contributed by atoms with van der Waals surface area (Å²) in [7, 11) is -3.40. The van der Waals surface area contributed by atoms with E-state index in [2.05, 4.69) is 0 Å². The summed E-state index contributed by atoms with van der Waals surface area (Å²) in [6, 6.07) is 12.8. The molecule has 0 aliphatic heterocycles. The Morgan fingerprint density at radius 2 is 1.63 bits per heavy atom. The molecule has 9 nitrogen and oxygen atoms in total. The van der Waals surface area contributed by atoms with Crippen molar-refractivity contribution in [2.45, 2.75) is 82.4 Å². The topological polar surface area (TPSA) is 115 Å². The molecule has 0 spiro atoms. The fourth-order valence-corrected chi connectivity index (χ4v) is 7.19. The third-order valence-electron chi connectivity index (χ3n) is 6.19. The van der Waals surface area contributed by atoms with Crippen molar-refractivity contribution in [3.05, 3.63) is 69.6 Å². The van der Waals surface area contributed by atoms with Crippen LogP contribution in [0.2, 0.25) is 10.0 Å². The third-order valence-corrected chi connectivity index (χ3v) is 9.32. The van der Waals surface area contributed by atoms with Crippen LogP contribution in [0.4, 0.5) is 4.79 Å². The summed E-state index contributed by atoms with van der Waals surface area (Å²) in [4.78, 5) is 17.1. The number of carbonyl (C=O) groups is 1. The largest absolute Gasteiger partial charge is 0.481 e. The second-order valence-corrected chi connectivity index (χ2v) is 14.1. The Morgan fingerprint density at radius 3 is 2.16 bits per heavy atom. The van der Waals surface area contributed by atoms with E-state index in [1.54, 1.807) is 18.2 Å². The monoisotopic (exact) mass is 671 g/mol. The number of rotatable bonds is 18. The number of unbranched alkanes of at least 4 members (excludes halogenated alkanes) is 2. The minimum atomic E-state index is -3.40. The molecule has 0 bridgehead atoms. The maximum absolute atomic E-state index is 13.2. The predicted molar refractivity (Wildman–Crippen MR) is 172 cm³/mol. The first-order valence-corrected chi connectivity index (χ1v) is 17.6. The van der Waals surface area contributed by atoms with Crippen molar-refractivity contribution in [3.63, 3.8) is 0 Å². The Bertz CT molecular complexity index is 1350. The molecule has 1 heterocycles. The van der Waals surface area contributed by atoms with Gasteiger partial charge in [-0.25, -0.2) is 9.78 Å². The summed E-state index contributed by atoms with van der Waals surface area (Å²) in [6.07, 6.45) is 2.38. The van der Waals surface area contributed by atoms with E-state index < -0.39 is 13.7 Å². The van der Waals surface area contributed by atoms with Crippen LogP contribution in [-0.4, -0.2) is 35.2 Å². The van der Waals surface area contributed by atoms with Crippen molar-refractivity contribution < 1.29 is 27.9 Å². The van der Waals surface area contributed by atoms with E-state index in [1.807, 2.05) is 56.5 Å². The van der Waals surface area contributed by atoms with Crippen LogP contribution in [0.1, 0.15) is 76.4 Å². The minimum Gasteiger partial charge on any atom is -0.481 e. The zero-order valence-electron chi connectivity index (χ0n) is 25.0. The zero-order valence-corrected chi connectivity index (χ0v) is 28.2. The van der Waals surface area contributed by atoms with Crippen LogP contribution in [0.3, 0.4) is 0 Å². The van der Waals surface area contributed by atoms with Gasteiger partial charge >= 0.3 is 13.7 Å². The second-order valence-electron chi connectivity index (χ2n) is 10.2. The molecule has 1 aromatic heterocycles. The molecule has 3 rings (SSSR count). The number of hydrogen-bond acceptors (Lipinski definition) is 8. The number of nitrogens with zero attached hydrogens (tertiary/aromatic N) is 2. The number of amides is 1. The highest BCUT2D eigenvalue weighted by Gasteiger charge is 2.26. The van der Waals surface area contributed by atoms with Crippen LogP contribution in [-0.2, 0) is 31.5 Å². The first kappa shape index (κ1) is 35.3. The normalized spacial score (nSPS) is 11.7. The number of primary amides is 1. The van der Waals surface area contributed by atoms with Crippen molar-refractivity contribution in [2.75, 3.05) is 19.6 Å². The number of nitrogens with two attached hydrogens (primary N) is 1. The van der Waals surface area contributed by atoms with Crippen molar-refractivity contribution >= 4 is 48.7 Å². The smallest absolute Gasteiger partial charge is 0.404 e. The van der Waals surface area contributed by atoms with E-state index in [-0.39, 0.29) is 18.9 Å². The SMILES string of the molecule is CCCCOP(=O)(COc1ccc(Cn2c(COC(N)=O)nc(C(C)C)c2Sc2cc(Cl)cc(Cl)c2)cc1)OCCCC. The molecule has 2 N–H and O–H groups in total. The summed E-state index contributed by atoms with van der Waals surface area (Å²) in [5, 5.41) is 1.92. The lowest BCUT2D eigenvalue weighted by Gasteiger charge is -2.19. The highest BCUT2D eigenvalue weighted by Crippen LogP contribution is 2.48. The van der Waals surface area contributed by atoms with E-state index in [9.17, 15) is 9.36 Å². The molecule has 0 saturated carbocycles. The quantitative estimate of drug-likeness (QED) is 0.105. The highest BCUT2D eigenvalue weighted by molar-refractivity contribution is 7.99. The van der Waals surface area contributed by atoms with Crippen LogP contribution < -0.4 is 10.5 Å². The molecule has 236 valence electrons. The summed E-state index contributed by atoms with van der Waals surface area (Å²) in [6.45, 7) is 9.22. The Balaban J connectivity index is 1.84. The van der Waals surface area contributed by atoms with E-state index >= 15 is 0 Å². The van der Waals surface area contributed by atoms with E-state index in [0.717, 1.165) is 46.9 Å². The molecule has 2 aromatic carbocycles. The standard InChI is InChI=1S/C30H40Cl2N3O6PS/c1-5-7-13-40-42(37,41-14-8-6-2)20-39-25-11-9-22(10-12-25)18-35-27(19-38-30(33)36)34-28(21(3)4)29(35)43-26-16-23(31)15-24(32)17-26/h9-12,15-17,21H,5-8,13-14,18-20H2,1-4H3,(H2,33,36). The number of hydrogen-bond donors (Lipinski definition) is 1. The second kappa shape index (κ2) is 17.3. The van der Waals surface area contributed by atoms with Crippen LogP contribution in [0, 0.1) is 0 Å². The van der Waals surface area contributed by atoms with Gasteiger partial charge in [0.15, 0.2) is 13.0 Å². The minimum absolute atomic E-state index is 0.0799. The summed E-state index contributed by atoms with van der Waals surface area (Å²) < 4.78 is 37.5. The lowest BCUT2D eigenvalue weighted by atomic mass is 10.1. The predicted octanol–water partition coefficient (Wildman–Crippen LogP) is 9.27. The van der Waals surface area contributed by atoms with Gasteiger partial charge in [-0.1, -0.05) is 87.6 Å². The van der Waals surface area contributed by atoms with Gasteiger partial charge in [0.05, 0.1) is 18.9 Å². The Hall–Kier alpha value is -2.20. The maximum atomic E-state index is 13.2. The molecule has 0 aliphatic rings. The maximum Gasteiger partial charge on any atom is 0.404 e. The molecule has 0 unspecified atom stereocenters. The Labute approximate surface area is 268 Å². The summed E-state index contributed by atoms with van der Waals surface area (Å²) in [5.74, 6) is 1.17. The molecule has 0 fully saturated rings. The van der Waals surface area contributed by atoms with Crippen molar-refractivity contribution in [1.82, 2.24) is 9.55 Å². The van der Waals surface area contributed by atoms with Gasteiger partial charge in [-0.2, -0.15) is 0 Å². The van der Waals surface area contributed by atoms with Crippen molar-refractivity contribution in [2.24, 2.45) is 5.73 Å². The first-order chi connectivity index (χ1) is 20.5. The molecule has 0 atom stereocenters. The molecular weight excluding hydrogens is 632 g/mol. The zero-order chi connectivity index (χ0) is 31.4. The summed E-state index contributed by atoms with van der Waals surface area (Å²) >= 11 is 14.0. The number of halogens is 2. The average Bonchev–Trinajstić information content (AvgIpc) is 3.28. The Kier molecular flexibility index (Phi) is 14.2. The third kappa shape index (κ3) is 11.3. The van der Waals surface area contributed by atoms with Crippen molar-refractivity contribution in [1.29, 1.82) is 0 Å². The fraction of sp³-hybridized carbons (Fsp3) is 0.467. The highest BCUT2D eigenvalue weighted by atomic mass is 35.5. The first-order valence-electron chi connectivity index (χ1n) is 14.3. The van der Waals surface area contributed by atoms with Crippen LogP contribution >= 0.6 is 42.6 Å². The van der Waals surface area contributed by atoms with Crippen molar-refractivity contribution in [3.8, 4) is 5.75 Å². The molecule has 3 aromatic rings. The molecule has 13 heteroatoms. The van der Waals surface area contributed by atoms with Gasteiger partial charge in [0.1, 0.15) is 16.6 Å². The molecule has 0 aliphatic carbocycles. The molecule has 0 saturated heterocycles. The van der Waals surface area contributed by atoms with Gasteiger partial charge in [-0.15, -0.1) is 0 Å². The Morgan fingerprint density at radius 1 is 1.02 bits per heavy atom. The van der Waals surface area contributed by atoms with Gasteiger partial charge in [0, 0.05) is 21.5 Å². The molecule has 1 amide bonds.